The standard InChI is InChI=1S/C6H4BBrF3O/c8-4-1-2-6(12)5(3-4)7(9,10)11/h1-3,12H/q-1. The molecule has 0 aromatic heterocycles. The Morgan fingerprint density at radius 1 is 1.25 bits per heavy atom. The highest BCUT2D eigenvalue weighted by molar-refractivity contribution is 9.10. The van der Waals surface area contributed by atoms with E-state index >= 15 is 0 Å². The Labute approximate surface area is 75.4 Å². The minimum Gasteiger partial charge on any atom is -0.511 e. The first-order valence-corrected chi connectivity index (χ1v) is 3.89. The lowest BCUT2D eigenvalue weighted by molar-refractivity contribution is 0.463. The molecule has 6 heteroatoms. The summed E-state index contributed by atoms with van der Waals surface area (Å²) in [5, 5.41) is 8.85. The van der Waals surface area contributed by atoms with E-state index in [9.17, 15) is 12.9 Å². The lowest BCUT2D eigenvalue weighted by Gasteiger charge is -2.16. The van der Waals surface area contributed by atoms with Gasteiger partial charge in [0.25, 0.3) is 0 Å². The molecule has 0 fully saturated rings. The molecule has 0 unspecified atom stereocenters. The van der Waals surface area contributed by atoms with Gasteiger partial charge in [-0.3, -0.25) is 0 Å². The Balaban J connectivity index is 3.23. The van der Waals surface area contributed by atoms with E-state index in [1.165, 1.54) is 6.07 Å². The van der Waals surface area contributed by atoms with Gasteiger partial charge >= 0.3 is 6.98 Å². The minimum atomic E-state index is -5.13. The van der Waals surface area contributed by atoms with Crippen molar-refractivity contribution in [1.82, 2.24) is 0 Å². The Morgan fingerprint density at radius 3 is 2.25 bits per heavy atom. The van der Waals surface area contributed by atoms with E-state index in [1.807, 2.05) is 0 Å². The van der Waals surface area contributed by atoms with Gasteiger partial charge in [-0.1, -0.05) is 27.5 Å². The van der Waals surface area contributed by atoms with Crippen molar-refractivity contribution in [3.63, 3.8) is 0 Å². The third-order valence-corrected chi connectivity index (χ3v) is 1.84. The van der Waals surface area contributed by atoms with Gasteiger partial charge in [0.2, 0.25) is 0 Å². The molecule has 0 aliphatic carbocycles. The summed E-state index contributed by atoms with van der Waals surface area (Å²) in [4.78, 5) is 0. The molecule has 12 heavy (non-hydrogen) atoms. The van der Waals surface area contributed by atoms with Crippen molar-refractivity contribution in [1.29, 1.82) is 0 Å². The lowest BCUT2D eigenvalue weighted by atomic mass is 9.79. The molecular formula is C6H4BBrF3O-. The number of phenols is 1. The molecule has 66 valence electrons. The third-order valence-electron chi connectivity index (χ3n) is 1.34. The summed E-state index contributed by atoms with van der Waals surface area (Å²) in [6.07, 6.45) is 0. The first-order valence-electron chi connectivity index (χ1n) is 3.09. The molecule has 0 saturated carbocycles. The highest BCUT2D eigenvalue weighted by atomic mass is 79.9. The fraction of sp³-hybridized carbons (Fsp3) is 0. The van der Waals surface area contributed by atoms with Crippen LogP contribution >= 0.6 is 15.9 Å². The molecule has 1 aromatic carbocycles. The predicted octanol–water partition coefficient (Wildman–Crippen LogP) is 2.21. The summed E-state index contributed by atoms with van der Waals surface area (Å²) < 4.78 is 36.6. The average molecular weight is 240 g/mol. The van der Waals surface area contributed by atoms with Crippen molar-refractivity contribution in [2.24, 2.45) is 0 Å². The Hall–Kier alpha value is -0.645. The van der Waals surface area contributed by atoms with Crippen molar-refractivity contribution < 1.29 is 18.1 Å². The number of hydrogen-bond donors (Lipinski definition) is 1. The van der Waals surface area contributed by atoms with Gasteiger partial charge in [-0.25, -0.2) is 0 Å². The molecule has 0 aliphatic heterocycles. The number of phenolic OH excluding ortho intramolecular Hbond substituents is 1. The molecule has 1 nitrogen and oxygen atoms in total. The second-order valence-electron chi connectivity index (χ2n) is 2.28. The molecule has 0 atom stereocenters. The maximum atomic E-state index is 12.1. The highest BCUT2D eigenvalue weighted by Gasteiger charge is 2.28. The molecule has 0 bridgehead atoms. The number of aromatic hydroxyl groups is 1. The first kappa shape index (κ1) is 9.44. The van der Waals surface area contributed by atoms with E-state index in [1.54, 1.807) is 0 Å². The maximum Gasteiger partial charge on any atom is 0.513 e. The van der Waals surface area contributed by atoms with Gasteiger partial charge in [-0.2, -0.15) is 0 Å². The Kier molecular flexibility index (Phi) is 2.37. The fourth-order valence-corrected chi connectivity index (χ4v) is 1.17. The van der Waals surface area contributed by atoms with Gasteiger partial charge in [0, 0.05) is 4.47 Å². The molecule has 0 saturated heterocycles. The topological polar surface area (TPSA) is 20.2 Å². The van der Waals surface area contributed by atoms with Crippen LogP contribution in [0.2, 0.25) is 0 Å². The van der Waals surface area contributed by atoms with Crippen LogP contribution in [0.3, 0.4) is 0 Å². The van der Waals surface area contributed by atoms with E-state index in [0.717, 1.165) is 12.1 Å². The largest absolute Gasteiger partial charge is 0.513 e. The van der Waals surface area contributed by atoms with Gasteiger partial charge in [-0.05, 0) is 12.1 Å². The van der Waals surface area contributed by atoms with Gasteiger partial charge in [0.1, 0.15) is 0 Å². The third kappa shape index (κ3) is 1.94. The van der Waals surface area contributed by atoms with Crippen LogP contribution in [-0.2, 0) is 0 Å². The fourth-order valence-electron chi connectivity index (χ4n) is 0.788. The van der Waals surface area contributed by atoms with E-state index < -0.39 is 18.2 Å². The van der Waals surface area contributed by atoms with Crippen molar-refractivity contribution in [3.8, 4) is 5.75 Å². The number of rotatable bonds is 1. The van der Waals surface area contributed by atoms with Gasteiger partial charge in [0.05, 0.1) is 5.75 Å². The average Bonchev–Trinajstić information content (AvgIpc) is 1.92. The van der Waals surface area contributed by atoms with Crippen molar-refractivity contribution >= 4 is 28.4 Å². The predicted molar refractivity (Wildman–Crippen MR) is 44.5 cm³/mol. The van der Waals surface area contributed by atoms with Crippen molar-refractivity contribution in [2.45, 2.75) is 0 Å². The van der Waals surface area contributed by atoms with E-state index in [4.69, 9.17) is 5.11 Å². The summed E-state index contributed by atoms with van der Waals surface area (Å²) in [6, 6.07) is 3.21. The number of halogens is 4. The Morgan fingerprint density at radius 2 is 1.83 bits per heavy atom. The molecule has 0 spiro atoms. The SMILES string of the molecule is Oc1ccc(Br)cc1[B-](F)(F)F. The van der Waals surface area contributed by atoms with Gasteiger partial charge in [-0.15, -0.1) is 0 Å². The second-order valence-corrected chi connectivity index (χ2v) is 3.19. The molecule has 1 aromatic rings. The summed E-state index contributed by atoms with van der Waals surface area (Å²) in [7, 11) is 0. The van der Waals surface area contributed by atoms with Crippen LogP contribution in [-0.4, -0.2) is 12.1 Å². The lowest BCUT2D eigenvalue weighted by Crippen LogP contribution is -2.34. The van der Waals surface area contributed by atoms with Crippen molar-refractivity contribution in [2.75, 3.05) is 0 Å². The molecule has 0 heterocycles. The van der Waals surface area contributed by atoms with E-state index in [0.29, 0.717) is 4.47 Å². The second kappa shape index (κ2) is 3.01. The van der Waals surface area contributed by atoms with Crippen LogP contribution in [0.5, 0.6) is 5.75 Å². The number of benzene rings is 1. The highest BCUT2D eigenvalue weighted by Crippen LogP contribution is 2.20. The summed E-state index contributed by atoms with van der Waals surface area (Å²) in [5.74, 6) is -0.731. The van der Waals surface area contributed by atoms with Gasteiger partial charge < -0.3 is 18.1 Å². The molecule has 0 amide bonds. The number of hydrogen-bond acceptors (Lipinski definition) is 1. The van der Waals surface area contributed by atoms with E-state index in [-0.39, 0.29) is 0 Å². The maximum absolute atomic E-state index is 12.1. The minimum absolute atomic E-state index is 0.300. The summed E-state index contributed by atoms with van der Waals surface area (Å²) in [5.41, 5.74) is -0.968. The molecular weight excluding hydrogens is 236 g/mol. The monoisotopic (exact) mass is 239 g/mol. The molecule has 1 N–H and O–H groups in total. The van der Waals surface area contributed by atoms with E-state index in [2.05, 4.69) is 15.9 Å². The van der Waals surface area contributed by atoms with Crippen LogP contribution in [0.4, 0.5) is 12.9 Å². The molecule has 0 radical (unpaired) electrons. The normalized spacial score (nSPS) is 11.7. The zero-order valence-electron chi connectivity index (χ0n) is 5.77. The van der Waals surface area contributed by atoms with Crippen LogP contribution in [0.25, 0.3) is 0 Å². The molecule has 1 rings (SSSR count). The van der Waals surface area contributed by atoms with Crippen LogP contribution in [0.1, 0.15) is 0 Å². The zero-order chi connectivity index (χ0) is 9.35. The smallest absolute Gasteiger partial charge is 0.511 e. The van der Waals surface area contributed by atoms with Crippen LogP contribution in [0, 0.1) is 0 Å². The molecule has 0 aliphatic rings. The first-order chi connectivity index (χ1) is 5.41. The Bertz CT molecular complexity index is 299. The summed E-state index contributed by atoms with van der Waals surface area (Å²) >= 11 is 2.89. The van der Waals surface area contributed by atoms with Crippen LogP contribution in [0.15, 0.2) is 22.7 Å². The quantitative estimate of drug-likeness (QED) is 0.746. The zero-order valence-corrected chi connectivity index (χ0v) is 7.35. The van der Waals surface area contributed by atoms with Crippen LogP contribution < -0.4 is 5.46 Å². The van der Waals surface area contributed by atoms with Crippen molar-refractivity contribution in [3.05, 3.63) is 22.7 Å². The summed E-state index contributed by atoms with van der Waals surface area (Å²) in [6.45, 7) is -5.13. The van der Waals surface area contributed by atoms with Gasteiger partial charge in [0.15, 0.2) is 0 Å².